The highest BCUT2D eigenvalue weighted by atomic mass is 32.1. The van der Waals surface area contributed by atoms with E-state index in [-0.39, 0.29) is 11.3 Å². The minimum Gasteiger partial charge on any atom is -0.507 e. The Bertz CT molecular complexity index is 464. The van der Waals surface area contributed by atoms with Crippen LogP contribution in [0.2, 0.25) is 0 Å². The molecular formula is C14H16O2S. The molecular weight excluding hydrogens is 232 g/mol. The summed E-state index contributed by atoms with van der Waals surface area (Å²) >= 11 is 1.49. The van der Waals surface area contributed by atoms with Crippen molar-refractivity contribution < 1.29 is 9.90 Å². The van der Waals surface area contributed by atoms with Gasteiger partial charge in [-0.1, -0.05) is 25.6 Å². The second kappa shape index (κ2) is 6.21. The van der Waals surface area contributed by atoms with Crippen LogP contribution in [-0.2, 0) is 4.79 Å². The number of aldehydes is 1. The van der Waals surface area contributed by atoms with E-state index < -0.39 is 0 Å². The summed E-state index contributed by atoms with van der Waals surface area (Å²) in [6, 6.07) is 3.77. The SMILES string of the molecule is C=C(/C(C=O)=C(O)\C(C)=C/CC)c1cccs1. The van der Waals surface area contributed by atoms with Crippen LogP contribution in [0.4, 0.5) is 0 Å². The summed E-state index contributed by atoms with van der Waals surface area (Å²) in [5.41, 5.74) is 1.53. The van der Waals surface area contributed by atoms with Gasteiger partial charge in [0, 0.05) is 4.88 Å². The molecule has 1 aromatic rings. The Hall–Kier alpha value is -1.61. The van der Waals surface area contributed by atoms with Crippen LogP contribution in [0.1, 0.15) is 25.1 Å². The second-order valence-electron chi connectivity index (χ2n) is 3.63. The quantitative estimate of drug-likeness (QED) is 0.368. The zero-order chi connectivity index (χ0) is 12.8. The van der Waals surface area contributed by atoms with Crippen LogP contribution in [0.15, 0.2) is 47.1 Å². The van der Waals surface area contributed by atoms with Crippen molar-refractivity contribution >= 4 is 23.2 Å². The summed E-state index contributed by atoms with van der Waals surface area (Å²) in [6.45, 7) is 7.63. The molecule has 0 unspecified atom stereocenters. The highest BCUT2D eigenvalue weighted by Crippen LogP contribution is 2.27. The van der Waals surface area contributed by atoms with E-state index in [1.165, 1.54) is 11.3 Å². The minimum atomic E-state index is 0.0141. The molecule has 0 bridgehead atoms. The van der Waals surface area contributed by atoms with Gasteiger partial charge in [-0.2, -0.15) is 0 Å². The Morgan fingerprint density at radius 1 is 1.59 bits per heavy atom. The largest absolute Gasteiger partial charge is 0.507 e. The van der Waals surface area contributed by atoms with Crippen molar-refractivity contribution in [2.24, 2.45) is 0 Å². The van der Waals surface area contributed by atoms with E-state index in [0.29, 0.717) is 17.4 Å². The fraction of sp³-hybridized carbons (Fsp3) is 0.214. The van der Waals surface area contributed by atoms with E-state index in [4.69, 9.17) is 0 Å². The molecule has 3 heteroatoms. The van der Waals surface area contributed by atoms with Crippen molar-refractivity contribution in [1.82, 2.24) is 0 Å². The first-order chi connectivity index (χ1) is 8.11. The monoisotopic (exact) mass is 248 g/mol. The van der Waals surface area contributed by atoms with E-state index >= 15 is 0 Å². The molecule has 0 aliphatic rings. The number of carbonyl (C=O) groups is 1. The number of carbonyl (C=O) groups excluding carboxylic acids is 1. The summed E-state index contributed by atoms with van der Waals surface area (Å²) in [6.07, 6.45) is 3.35. The molecule has 1 aromatic heterocycles. The molecule has 0 saturated carbocycles. The first-order valence-electron chi connectivity index (χ1n) is 5.40. The van der Waals surface area contributed by atoms with Crippen LogP contribution < -0.4 is 0 Å². The lowest BCUT2D eigenvalue weighted by Gasteiger charge is -2.07. The van der Waals surface area contributed by atoms with Gasteiger partial charge in [0.25, 0.3) is 0 Å². The van der Waals surface area contributed by atoms with Crippen LogP contribution in [0.25, 0.3) is 5.57 Å². The molecule has 0 fully saturated rings. The number of aliphatic hydroxyl groups is 1. The molecule has 0 saturated heterocycles. The van der Waals surface area contributed by atoms with Gasteiger partial charge in [0.1, 0.15) is 5.76 Å². The Morgan fingerprint density at radius 3 is 2.76 bits per heavy atom. The molecule has 1 N–H and O–H groups in total. The summed E-state index contributed by atoms with van der Waals surface area (Å²) in [5, 5.41) is 11.9. The van der Waals surface area contributed by atoms with Crippen molar-refractivity contribution in [3.05, 3.63) is 52.0 Å². The van der Waals surface area contributed by atoms with Crippen LogP contribution in [-0.4, -0.2) is 11.4 Å². The summed E-state index contributed by atoms with van der Waals surface area (Å²) in [5.74, 6) is 0.0141. The molecule has 1 rings (SSSR count). The van der Waals surface area contributed by atoms with Crippen LogP contribution >= 0.6 is 11.3 Å². The number of thiophene rings is 1. The van der Waals surface area contributed by atoms with Gasteiger partial charge >= 0.3 is 0 Å². The first-order valence-corrected chi connectivity index (χ1v) is 6.28. The zero-order valence-electron chi connectivity index (χ0n) is 10.1. The van der Waals surface area contributed by atoms with E-state index in [1.54, 1.807) is 6.92 Å². The lowest BCUT2D eigenvalue weighted by molar-refractivity contribution is -0.104. The lowest BCUT2D eigenvalue weighted by Crippen LogP contribution is -1.97. The lowest BCUT2D eigenvalue weighted by atomic mass is 10.0. The van der Waals surface area contributed by atoms with Crippen molar-refractivity contribution in [2.75, 3.05) is 0 Å². The zero-order valence-corrected chi connectivity index (χ0v) is 10.9. The van der Waals surface area contributed by atoms with Gasteiger partial charge in [0.2, 0.25) is 0 Å². The van der Waals surface area contributed by atoms with Crippen LogP contribution in [0.5, 0.6) is 0 Å². The Labute approximate surface area is 106 Å². The van der Waals surface area contributed by atoms with Crippen LogP contribution in [0, 0.1) is 0 Å². The third-order valence-electron chi connectivity index (χ3n) is 2.40. The van der Waals surface area contributed by atoms with Crippen molar-refractivity contribution in [1.29, 1.82) is 0 Å². The average Bonchev–Trinajstić information content (AvgIpc) is 2.83. The molecule has 17 heavy (non-hydrogen) atoms. The van der Waals surface area contributed by atoms with Crippen LogP contribution in [0.3, 0.4) is 0 Å². The fourth-order valence-corrected chi connectivity index (χ4v) is 2.18. The fourth-order valence-electron chi connectivity index (χ4n) is 1.47. The van der Waals surface area contributed by atoms with Crippen molar-refractivity contribution in [3.8, 4) is 0 Å². The number of hydrogen-bond acceptors (Lipinski definition) is 3. The van der Waals surface area contributed by atoms with Gasteiger partial charge in [-0.05, 0) is 35.9 Å². The molecule has 0 atom stereocenters. The third kappa shape index (κ3) is 3.17. The molecule has 0 aliphatic carbocycles. The molecule has 0 aromatic carbocycles. The number of aliphatic hydroxyl groups excluding tert-OH is 1. The summed E-state index contributed by atoms with van der Waals surface area (Å²) < 4.78 is 0. The van der Waals surface area contributed by atoms with E-state index in [1.807, 2.05) is 30.5 Å². The summed E-state index contributed by atoms with van der Waals surface area (Å²) in [7, 11) is 0. The molecule has 90 valence electrons. The Balaban J connectivity index is 3.15. The van der Waals surface area contributed by atoms with Gasteiger partial charge in [0.05, 0.1) is 5.57 Å². The number of rotatable bonds is 5. The highest BCUT2D eigenvalue weighted by molar-refractivity contribution is 7.11. The average molecular weight is 248 g/mol. The highest BCUT2D eigenvalue weighted by Gasteiger charge is 2.12. The molecule has 0 radical (unpaired) electrons. The van der Waals surface area contributed by atoms with Crippen molar-refractivity contribution in [2.45, 2.75) is 20.3 Å². The topological polar surface area (TPSA) is 37.3 Å². The summed E-state index contributed by atoms with van der Waals surface area (Å²) in [4.78, 5) is 12.0. The maximum Gasteiger partial charge on any atom is 0.154 e. The predicted molar refractivity (Wildman–Crippen MR) is 73.1 cm³/mol. The molecule has 2 nitrogen and oxygen atoms in total. The first kappa shape index (κ1) is 13.5. The molecule has 0 aliphatic heterocycles. The van der Waals surface area contributed by atoms with E-state index in [0.717, 1.165) is 11.3 Å². The van der Waals surface area contributed by atoms with E-state index in [9.17, 15) is 9.90 Å². The maximum absolute atomic E-state index is 11.1. The molecule has 1 heterocycles. The van der Waals surface area contributed by atoms with Gasteiger partial charge in [-0.3, -0.25) is 4.79 Å². The second-order valence-corrected chi connectivity index (χ2v) is 4.58. The van der Waals surface area contributed by atoms with E-state index in [2.05, 4.69) is 6.58 Å². The third-order valence-corrected chi connectivity index (χ3v) is 3.33. The number of hydrogen-bond donors (Lipinski definition) is 1. The smallest absolute Gasteiger partial charge is 0.154 e. The Kier molecular flexibility index (Phi) is 4.91. The molecule has 0 amide bonds. The van der Waals surface area contributed by atoms with Crippen molar-refractivity contribution in [3.63, 3.8) is 0 Å². The van der Waals surface area contributed by atoms with Gasteiger partial charge in [-0.25, -0.2) is 0 Å². The Morgan fingerprint density at radius 2 is 2.29 bits per heavy atom. The minimum absolute atomic E-state index is 0.0141. The standard InChI is InChI=1S/C14H16O2S/c1-4-6-10(2)14(16)12(9-15)11(3)13-7-5-8-17-13/h5-9,16H,3-4H2,1-2H3/b10-6-,14-12+. The molecule has 0 spiro atoms. The van der Waals surface area contributed by atoms with Gasteiger partial charge < -0.3 is 5.11 Å². The van der Waals surface area contributed by atoms with Gasteiger partial charge in [0.15, 0.2) is 6.29 Å². The van der Waals surface area contributed by atoms with Gasteiger partial charge in [-0.15, -0.1) is 11.3 Å². The maximum atomic E-state index is 11.1. The normalized spacial score (nSPS) is 13.2. The predicted octanol–water partition coefficient (Wildman–Crippen LogP) is 4.13. The number of allylic oxidation sites excluding steroid dienone is 4.